The normalized spacial score (nSPS) is 21.0. The second-order valence-corrected chi connectivity index (χ2v) is 5.95. The maximum atomic E-state index is 5.62. The van der Waals surface area contributed by atoms with E-state index < -0.39 is 0 Å². The van der Waals surface area contributed by atoms with Crippen molar-refractivity contribution < 1.29 is 9.47 Å². The van der Waals surface area contributed by atoms with Crippen LogP contribution >= 0.6 is 0 Å². The molecular weight excluding hydrogens is 214 g/mol. The Bertz CT molecular complexity index is 183. The molecular formula is C14H29NO2. The third-order valence-electron chi connectivity index (χ3n) is 2.95. The molecule has 1 unspecified atom stereocenters. The van der Waals surface area contributed by atoms with Crippen molar-refractivity contribution in [3.63, 3.8) is 0 Å². The maximum Gasteiger partial charge on any atom is 0.0809 e. The standard InChI is InChI=1S/C14H29NO2/c1-14(2,3)15-9-5-4-6-10-16-12-13-8-7-11-17-13/h13,15H,4-12H2,1-3H3. The van der Waals surface area contributed by atoms with Gasteiger partial charge in [-0.15, -0.1) is 0 Å². The molecule has 1 heterocycles. The molecule has 1 aliphatic heterocycles. The fourth-order valence-electron chi connectivity index (χ4n) is 1.96. The van der Waals surface area contributed by atoms with E-state index in [0.717, 1.165) is 26.4 Å². The predicted octanol–water partition coefficient (Wildman–Crippen LogP) is 2.74. The molecule has 1 atom stereocenters. The van der Waals surface area contributed by atoms with Gasteiger partial charge in [-0.2, -0.15) is 0 Å². The van der Waals surface area contributed by atoms with Gasteiger partial charge in [-0.25, -0.2) is 0 Å². The summed E-state index contributed by atoms with van der Waals surface area (Å²) in [5, 5.41) is 3.50. The highest BCUT2D eigenvalue weighted by atomic mass is 16.5. The monoisotopic (exact) mass is 243 g/mol. The average molecular weight is 243 g/mol. The minimum atomic E-state index is 0.246. The lowest BCUT2D eigenvalue weighted by molar-refractivity contribution is 0.0161. The molecule has 1 saturated heterocycles. The lowest BCUT2D eigenvalue weighted by Crippen LogP contribution is -2.36. The summed E-state index contributed by atoms with van der Waals surface area (Å²) in [6, 6.07) is 0. The summed E-state index contributed by atoms with van der Waals surface area (Å²) < 4.78 is 11.1. The smallest absolute Gasteiger partial charge is 0.0809 e. The SMILES string of the molecule is CC(C)(C)NCCCCCOCC1CCCO1. The molecule has 0 radical (unpaired) electrons. The van der Waals surface area contributed by atoms with Crippen LogP contribution in [-0.4, -0.2) is 38.0 Å². The van der Waals surface area contributed by atoms with Crippen molar-refractivity contribution in [2.24, 2.45) is 0 Å². The van der Waals surface area contributed by atoms with E-state index in [2.05, 4.69) is 26.1 Å². The van der Waals surface area contributed by atoms with Crippen LogP contribution in [0.25, 0.3) is 0 Å². The minimum absolute atomic E-state index is 0.246. The molecule has 1 fully saturated rings. The van der Waals surface area contributed by atoms with Crippen LogP contribution < -0.4 is 5.32 Å². The fourth-order valence-corrected chi connectivity index (χ4v) is 1.96. The molecule has 1 aliphatic rings. The van der Waals surface area contributed by atoms with Gasteiger partial charge in [0.25, 0.3) is 0 Å². The maximum absolute atomic E-state index is 5.62. The Balaban J connectivity index is 1.78. The molecule has 3 heteroatoms. The summed E-state index contributed by atoms with van der Waals surface area (Å²) in [4.78, 5) is 0. The number of rotatable bonds is 8. The zero-order valence-corrected chi connectivity index (χ0v) is 11.8. The summed E-state index contributed by atoms with van der Waals surface area (Å²) in [5.41, 5.74) is 0.246. The van der Waals surface area contributed by atoms with Gasteiger partial charge in [-0.05, 0) is 59.4 Å². The van der Waals surface area contributed by atoms with E-state index in [1.165, 1.54) is 32.1 Å². The highest BCUT2D eigenvalue weighted by Gasteiger charge is 2.14. The molecule has 0 amide bonds. The van der Waals surface area contributed by atoms with Crippen LogP contribution in [0.3, 0.4) is 0 Å². The van der Waals surface area contributed by atoms with Gasteiger partial charge in [0, 0.05) is 18.8 Å². The summed E-state index contributed by atoms with van der Waals surface area (Å²) >= 11 is 0. The molecule has 0 saturated carbocycles. The van der Waals surface area contributed by atoms with Gasteiger partial charge < -0.3 is 14.8 Å². The Hall–Kier alpha value is -0.120. The van der Waals surface area contributed by atoms with Crippen LogP contribution in [0.1, 0.15) is 52.9 Å². The molecule has 0 aromatic heterocycles. The first kappa shape index (κ1) is 14.9. The Kier molecular flexibility index (Phi) is 7.09. The molecule has 102 valence electrons. The first-order chi connectivity index (χ1) is 8.08. The molecule has 0 spiro atoms. The fraction of sp³-hybridized carbons (Fsp3) is 1.00. The van der Waals surface area contributed by atoms with E-state index in [9.17, 15) is 0 Å². The zero-order chi connectivity index (χ0) is 12.6. The summed E-state index contributed by atoms with van der Waals surface area (Å²) in [6.07, 6.45) is 6.40. The quantitative estimate of drug-likeness (QED) is 0.665. The van der Waals surface area contributed by atoms with Crippen LogP contribution in [-0.2, 0) is 9.47 Å². The topological polar surface area (TPSA) is 30.5 Å². The van der Waals surface area contributed by atoms with Gasteiger partial charge in [-0.3, -0.25) is 0 Å². The first-order valence-corrected chi connectivity index (χ1v) is 7.02. The van der Waals surface area contributed by atoms with Crippen molar-refractivity contribution in [1.82, 2.24) is 5.32 Å². The Labute approximate surface area is 106 Å². The lowest BCUT2D eigenvalue weighted by atomic mass is 10.1. The van der Waals surface area contributed by atoms with E-state index in [1.807, 2.05) is 0 Å². The van der Waals surface area contributed by atoms with Crippen LogP contribution in [0.4, 0.5) is 0 Å². The summed E-state index contributed by atoms with van der Waals surface area (Å²) in [7, 11) is 0. The average Bonchev–Trinajstić information content (AvgIpc) is 2.73. The van der Waals surface area contributed by atoms with Crippen LogP contribution in [0.15, 0.2) is 0 Å². The Morgan fingerprint density at radius 2 is 2.06 bits per heavy atom. The second-order valence-electron chi connectivity index (χ2n) is 5.95. The number of nitrogens with one attached hydrogen (secondary N) is 1. The van der Waals surface area contributed by atoms with E-state index >= 15 is 0 Å². The molecule has 1 rings (SSSR count). The van der Waals surface area contributed by atoms with Gasteiger partial charge in [-0.1, -0.05) is 0 Å². The van der Waals surface area contributed by atoms with E-state index in [4.69, 9.17) is 9.47 Å². The van der Waals surface area contributed by atoms with E-state index in [-0.39, 0.29) is 5.54 Å². The van der Waals surface area contributed by atoms with Crippen molar-refractivity contribution in [2.45, 2.75) is 64.5 Å². The number of hydrogen-bond acceptors (Lipinski definition) is 3. The molecule has 0 aromatic carbocycles. The van der Waals surface area contributed by atoms with Crippen molar-refractivity contribution in [3.05, 3.63) is 0 Å². The highest BCUT2D eigenvalue weighted by molar-refractivity contribution is 4.69. The van der Waals surface area contributed by atoms with Crippen molar-refractivity contribution in [2.75, 3.05) is 26.4 Å². The number of ether oxygens (including phenoxy) is 2. The van der Waals surface area contributed by atoms with Gasteiger partial charge >= 0.3 is 0 Å². The molecule has 0 bridgehead atoms. The van der Waals surface area contributed by atoms with Crippen LogP contribution in [0, 0.1) is 0 Å². The third kappa shape index (κ3) is 8.58. The van der Waals surface area contributed by atoms with Gasteiger partial charge in [0.2, 0.25) is 0 Å². The summed E-state index contributed by atoms with van der Waals surface area (Å²) in [6.45, 7) is 10.3. The highest BCUT2D eigenvalue weighted by Crippen LogP contribution is 2.12. The Morgan fingerprint density at radius 1 is 1.24 bits per heavy atom. The summed E-state index contributed by atoms with van der Waals surface area (Å²) in [5.74, 6) is 0. The predicted molar refractivity (Wildman–Crippen MR) is 71.4 cm³/mol. The molecule has 1 N–H and O–H groups in total. The van der Waals surface area contributed by atoms with Gasteiger partial charge in [0.15, 0.2) is 0 Å². The number of unbranched alkanes of at least 4 members (excludes halogenated alkanes) is 2. The largest absolute Gasteiger partial charge is 0.379 e. The number of hydrogen-bond donors (Lipinski definition) is 1. The van der Waals surface area contributed by atoms with E-state index in [1.54, 1.807) is 0 Å². The van der Waals surface area contributed by atoms with Crippen molar-refractivity contribution in [1.29, 1.82) is 0 Å². The van der Waals surface area contributed by atoms with Crippen molar-refractivity contribution in [3.8, 4) is 0 Å². The third-order valence-corrected chi connectivity index (χ3v) is 2.95. The Morgan fingerprint density at radius 3 is 2.71 bits per heavy atom. The van der Waals surface area contributed by atoms with Crippen molar-refractivity contribution >= 4 is 0 Å². The van der Waals surface area contributed by atoms with E-state index in [0.29, 0.717) is 6.10 Å². The van der Waals surface area contributed by atoms with Gasteiger partial charge in [0.05, 0.1) is 12.7 Å². The molecule has 17 heavy (non-hydrogen) atoms. The molecule has 0 aromatic rings. The first-order valence-electron chi connectivity index (χ1n) is 7.02. The second kappa shape index (κ2) is 8.06. The molecule has 0 aliphatic carbocycles. The van der Waals surface area contributed by atoms with Gasteiger partial charge in [0.1, 0.15) is 0 Å². The lowest BCUT2D eigenvalue weighted by Gasteiger charge is -2.20. The zero-order valence-electron chi connectivity index (χ0n) is 11.8. The van der Waals surface area contributed by atoms with Crippen LogP contribution in [0.2, 0.25) is 0 Å². The van der Waals surface area contributed by atoms with Crippen LogP contribution in [0.5, 0.6) is 0 Å². The molecule has 3 nitrogen and oxygen atoms in total. The minimum Gasteiger partial charge on any atom is -0.379 e.